The number of ether oxygens (including phenoxy) is 1. The second-order valence-electron chi connectivity index (χ2n) is 7.67. The lowest BCUT2D eigenvalue weighted by atomic mass is 10.2. The molecule has 2 aliphatic rings. The van der Waals surface area contributed by atoms with Crippen molar-refractivity contribution in [3.05, 3.63) is 57.5 Å². The number of phenols is 1. The normalized spacial score (nSPS) is 17.5. The number of carbonyl (C=O) groups excluding carboxylic acids is 1. The summed E-state index contributed by atoms with van der Waals surface area (Å²) < 4.78 is 6.60. The number of hydrogen-bond donors (Lipinski definition) is 2. The topological polar surface area (TPSA) is 100 Å². The van der Waals surface area contributed by atoms with Crippen LogP contribution >= 0.6 is 11.6 Å². The van der Waals surface area contributed by atoms with Gasteiger partial charge in [-0.05, 0) is 31.9 Å². The van der Waals surface area contributed by atoms with Crippen LogP contribution in [0.15, 0.2) is 24.3 Å². The summed E-state index contributed by atoms with van der Waals surface area (Å²) in [5, 5.41) is 23.8. The molecule has 5 rings (SSSR count). The number of phenolic OH excluding ortho intramolecular Hbond substituents is 1. The molecule has 2 aliphatic heterocycles. The Morgan fingerprint density at radius 2 is 2.10 bits per heavy atom. The number of rotatable bonds is 2. The average Bonchev–Trinajstić information content (AvgIpc) is 3.46. The fraction of sp³-hybridized carbons (Fsp3) is 0.409. The largest absolute Gasteiger partial charge is 0.507 e. The van der Waals surface area contributed by atoms with E-state index in [9.17, 15) is 9.90 Å². The molecular formula is C22H25ClN4O4. The molecule has 1 fully saturated rings. The highest BCUT2D eigenvalue weighted by Crippen LogP contribution is 2.31. The van der Waals surface area contributed by atoms with Crippen LogP contribution in [0.2, 0.25) is 5.02 Å². The van der Waals surface area contributed by atoms with Crippen molar-refractivity contribution in [2.75, 3.05) is 13.2 Å². The van der Waals surface area contributed by atoms with E-state index in [4.69, 9.17) is 21.4 Å². The Balaban J connectivity index is 0.000000334. The number of aromatic hydroxyl groups is 1. The molecule has 1 aromatic carbocycles. The van der Waals surface area contributed by atoms with Crippen LogP contribution < -0.4 is 0 Å². The lowest BCUT2D eigenvalue weighted by molar-refractivity contribution is 0.0746. The van der Waals surface area contributed by atoms with E-state index in [2.05, 4.69) is 10.1 Å². The van der Waals surface area contributed by atoms with Gasteiger partial charge in [-0.2, -0.15) is 5.10 Å². The van der Waals surface area contributed by atoms with E-state index in [-0.39, 0.29) is 17.8 Å². The molecular weight excluding hydrogens is 420 g/mol. The molecule has 9 heteroatoms. The summed E-state index contributed by atoms with van der Waals surface area (Å²) in [6, 6.07) is 6.57. The van der Waals surface area contributed by atoms with Crippen LogP contribution in [0, 0.1) is 6.92 Å². The Hall–Kier alpha value is -2.68. The lowest BCUT2D eigenvalue weighted by Crippen LogP contribution is -2.26. The molecule has 31 heavy (non-hydrogen) atoms. The third-order valence-corrected chi connectivity index (χ3v) is 5.98. The van der Waals surface area contributed by atoms with E-state index < -0.39 is 0 Å². The maximum Gasteiger partial charge on any atom is 0.258 e. The molecule has 2 aromatic heterocycles. The van der Waals surface area contributed by atoms with Gasteiger partial charge in [-0.25, -0.2) is 9.50 Å². The molecule has 4 heterocycles. The van der Waals surface area contributed by atoms with Gasteiger partial charge in [-0.3, -0.25) is 4.79 Å². The molecule has 0 radical (unpaired) electrons. The van der Waals surface area contributed by atoms with Crippen molar-refractivity contribution in [1.29, 1.82) is 0 Å². The molecule has 1 saturated heterocycles. The van der Waals surface area contributed by atoms with E-state index in [0.29, 0.717) is 30.3 Å². The first kappa shape index (κ1) is 21.5. The number of para-hydroxylation sites is 1. The third-order valence-electron chi connectivity index (χ3n) is 5.49. The minimum Gasteiger partial charge on any atom is -0.507 e. The van der Waals surface area contributed by atoms with Crippen molar-refractivity contribution in [3.8, 4) is 5.75 Å². The van der Waals surface area contributed by atoms with Crippen LogP contribution in [-0.4, -0.2) is 54.9 Å². The van der Waals surface area contributed by atoms with Crippen LogP contribution in [0.5, 0.6) is 5.75 Å². The molecule has 0 aliphatic carbocycles. The molecule has 164 valence electrons. The van der Waals surface area contributed by atoms with Gasteiger partial charge in [0.15, 0.2) is 5.65 Å². The van der Waals surface area contributed by atoms with Gasteiger partial charge in [0, 0.05) is 12.2 Å². The van der Waals surface area contributed by atoms with Crippen molar-refractivity contribution in [1.82, 2.24) is 19.5 Å². The lowest BCUT2D eigenvalue weighted by Gasteiger charge is -2.17. The summed E-state index contributed by atoms with van der Waals surface area (Å²) in [5.74, 6) is -0.226. The zero-order valence-corrected chi connectivity index (χ0v) is 18.3. The number of benzene rings is 1. The van der Waals surface area contributed by atoms with Crippen molar-refractivity contribution < 1.29 is 19.7 Å². The van der Waals surface area contributed by atoms with Gasteiger partial charge in [0.1, 0.15) is 5.75 Å². The van der Waals surface area contributed by atoms with Crippen LogP contribution in [-0.2, 0) is 24.2 Å². The fourth-order valence-electron chi connectivity index (χ4n) is 3.81. The zero-order chi connectivity index (χ0) is 22.1. The monoisotopic (exact) mass is 444 g/mol. The van der Waals surface area contributed by atoms with Crippen LogP contribution in [0.4, 0.5) is 0 Å². The molecule has 0 saturated carbocycles. The number of nitrogens with zero attached hydrogens (tertiary/aromatic N) is 4. The predicted octanol–water partition coefficient (Wildman–Crippen LogP) is 2.88. The van der Waals surface area contributed by atoms with Gasteiger partial charge in [0.2, 0.25) is 0 Å². The van der Waals surface area contributed by atoms with E-state index in [0.717, 1.165) is 47.7 Å². The van der Waals surface area contributed by atoms with Crippen molar-refractivity contribution in [2.24, 2.45) is 0 Å². The smallest absolute Gasteiger partial charge is 0.258 e. The summed E-state index contributed by atoms with van der Waals surface area (Å²) in [6.07, 6.45) is 1.39. The molecule has 0 bridgehead atoms. The number of hydrogen-bond acceptors (Lipinski definition) is 6. The molecule has 2 N–H and O–H groups in total. The summed E-state index contributed by atoms with van der Waals surface area (Å²) in [6.45, 7) is 6.00. The van der Waals surface area contributed by atoms with Gasteiger partial charge in [0.25, 0.3) is 5.91 Å². The molecule has 1 amide bonds. The summed E-state index contributed by atoms with van der Waals surface area (Å²) in [5.41, 5.74) is 4.51. The number of aryl methyl sites for hydroxylation is 2. The summed E-state index contributed by atoms with van der Waals surface area (Å²) in [4.78, 5) is 19.0. The van der Waals surface area contributed by atoms with Gasteiger partial charge in [0.05, 0.1) is 53.5 Å². The van der Waals surface area contributed by atoms with Gasteiger partial charge in [-0.15, -0.1) is 0 Å². The number of halogens is 1. The molecule has 3 aromatic rings. The molecule has 1 unspecified atom stereocenters. The van der Waals surface area contributed by atoms with E-state index in [1.807, 2.05) is 13.8 Å². The number of carbonyl (C=O) groups is 1. The second-order valence-corrected chi connectivity index (χ2v) is 8.05. The first-order chi connectivity index (χ1) is 14.9. The Morgan fingerprint density at radius 1 is 1.32 bits per heavy atom. The highest BCUT2D eigenvalue weighted by molar-refractivity contribution is 6.31. The van der Waals surface area contributed by atoms with Crippen molar-refractivity contribution >= 4 is 23.2 Å². The maximum atomic E-state index is 12.7. The number of aliphatic hydroxyl groups excluding tert-OH is 1. The summed E-state index contributed by atoms with van der Waals surface area (Å²) in [7, 11) is 0. The van der Waals surface area contributed by atoms with Crippen molar-refractivity contribution in [3.63, 3.8) is 0 Å². The fourth-order valence-corrected chi connectivity index (χ4v) is 4.07. The van der Waals surface area contributed by atoms with Crippen LogP contribution in [0.3, 0.4) is 0 Å². The Morgan fingerprint density at radius 3 is 2.71 bits per heavy atom. The maximum absolute atomic E-state index is 12.7. The van der Waals surface area contributed by atoms with E-state index in [1.165, 1.54) is 6.07 Å². The van der Waals surface area contributed by atoms with Crippen molar-refractivity contribution in [2.45, 2.75) is 45.9 Å². The van der Waals surface area contributed by atoms with Gasteiger partial charge < -0.3 is 19.8 Å². The Bertz CT molecular complexity index is 1120. The van der Waals surface area contributed by atoms with Gasteiger partial charge >= 0.3 is 0 Å². The zero-order valence-electron chi connectivity index (χ0n) is 17.5. The number of aromatic nitrogens is 3. The number of aliphatic hydroxyl groups is 1. The predicted molar refractivity (Wildman–Crippen MR) is 115 cm³/mol. The SMILES string of the molecule is CCc1c(Cl)c(C)nc2c3c(nn12)CN(C(=O)c1ccccc1O)C3.OC1CCOC1. The Labute approximate surface area is 185 Å². The molecule has 1 atom stereocenters. The minimum atomic E-state index is -0.212. The quantitative estimate of drug-likeness (QED) is 0.630. The van der Waals surface area contributed by atoms with E-state index >= 15 is 0 Å². The van der Waals surface area contributed by atoms with Crippen LogP contribution in [0.1, 0.15) is 46.3 Å². The molecule has 0 spiro atoms. The number of amides is 1. The minimum absolute atomic E-state index is 0.0136. The van der Waals surface area contributed by atoms with E-state index in [1.54, 1.807) is 27.6 Å². The first-order valence-electron chi connectivity index (χ1n) is 10.3. The van der Waals surface area contributed by atoms with Crippen LogP contribution in [0.25, 0.3) is 5.65 Å². The highest BCUT2D eigenvalue weighted by Gasteiger charge is 2.31. The second kappa shape index (κ2) is 8.82. The van der Waals surface area contributed by atoms with Gasteiger partial charge in [-0.1, -0.05) is 30.7 Å². The third kappa shape index (κ3) is 4.11. The molecule has 8 nitrogen and oxygen atoms in total. The Kier molecular flexibility index (Phi) is 6.13. The summed E-state index contributed by atoms with van der Waals surface area (Å²) >= 11 is 6.36. The highest BCUT2D eigenvalue weighted by atomic mass is 35.5. The standard InChI is InChI=1S/C18H17ClN4O2.C4H8O2/c1-3-14-16(19)10(2)20-17-12-8-22(9-13(12)21-23(14)17)18(25)11-6-4-5-7-15(11)24;5-4-1-2-6-3-4/h4-7,24H,3,8-9H2,1-2H3;4-5H,1-3H2. The average molecular weight is 445 g/mol. The number of fused-ring (bicyclic) bond motifs is 3. The first-order valence-corrected chi connectivity index (χ1v) is 10.7.